The highest BCUT2D eigenvalue weighted by atomic mass is 16.5. The van der Waals surface area contributed by atoms with Gasteiger partial charge in [-0.15, -0.1) is 0 Å². The molecule has 0 aromatic rings. The molecule has 0 aromatic heterocycles. The summed E-state index contributed by atoms with van der Waals surface area (Å²) in [5, 5.41) is 2.48. The molecule has 14 heavy (non-hydrogen) atoms. The van der Waals surface area contributed by atoms with Gasteiger partial charge in [-0.05, 0) is 26.3 Å². The van der Waals surface area contributed by atoms with Crippen molar-refractivity contribution >= 4 is 11.9 Å². The van der Waals surface area contributed by atoms with Crippen molar-refractivity contribution in [2.45, 2.75) is 32.7 Å². The first-order valence-corrected chi connectivity index (χ1v) is 4.56. The highest BCUT2D eigenvalue weighted by molar-refractivity contribution is 5.92. The molecule has 0 heterocycles. The van der Waals surface area contributed by atoms with Gasteiger partial charge in [-0.2, -0.15) is 0 Å². The third-order valence-corrected chi connectivity index (χ3v) is 1.57. The molecule has 0 aliphatic rings. The maximum Gasteiger partial charge on any atom is 0.331 e. The third-order valence-electron chi connectivity index (χ3n) is 1.57. The zero-order chi connectivity index (χ0) is 11.2. The summed E-state index contributed by atoms with van der Waals surface area (Å²) in [6, 6.07) is 0. The van der Waals surface area contributed by atoms with E-state index in [0.29, 0.717) is 6.61 Å². The molecule has 0 atom stereocenters. The second-order valence-electron chi connectivity index (χ2n) is 3.45. The second kappa shape index (κ2) is 5.42. The number of nitrogens with one attached hydrogen (secondary N) is 1. The number of hydrogen-bond acceptors (Lipinski definition) is 3. The lowest BCUT2D eigenvalue weighted by molar-refractivity contribution is -0.151. The highest BCUT2D eigenvalue weighted by Gasteiger charge is 2.30. The number of carbonyl (C=O) groups is 2. The Morgan fingerprint density at radius 3 is 2.50 bits per heavy atom. The SMILES string of the molecule is C=CC(=O)NC(C)(C)C(=O)OCCC. The summed E-state index contributed by atoms with van der Waals surface area (Å²) in [5.41, 5.74) is -1.000. The smallest absolute Gasteiger partial charge is 0.331 e. The van der Waals surface area contributed by atoms with Crippen molar-refractivity contribution in [1.29, 1.82) is 0 Å². The van der Waals surface area contributed by atoms with Gasteiger partial charge in [0.25, 0.3) is 0 Å². The van der Waals surface area contributed by atoms with Gasteiger partial charge in [0.05, 0.1) is 6.61 Å². The minimum Gasteiger partial charge on any atom is -0.464 e. The fraction of sp³-hybridized carbons (Fsp3) is 0.600. The normalized spacial score (nSPS) is 10.5. The molecule has 1 N–H and O–H groups in total. The van der Waals surface area contributed by atoms with Crippen LogP contribution in [0.1, 0.15) is 27.2 Å². The van der Waals surface area contributed by atoms with E-state index in [1.54, 1.807) is 13.8 Å². The zero-order valence-corrected chi connectivity index (χ0v) is 8.92. The molecule has 0 bridgehead atoms. The van der Waals surface area contributed by atoms with Crippen molar-refractivity contribution < 1.29 is 14.3 Å². The van der Waals surface area contributed by atoms with Crippen LogP contribution >= 0.6 is 0 Å². The minimum absolute atomic E-state index is 0.367. The van der Waals surface area contributed by atoms with E-state index in [1.807, 2.05) is 6.92 Å². The van der Waals surface area contributed by atoms with E-state index >= 15 is 0 Å². The number of esters is 1. The van der Waals surface area contributed by atoms with Crippen molar-refractivity contribution in [2.75, 3.05) is 6.61 Å². The summed E-state index contributed by atoms with van der Waals surface area (Å²) in [7, 11) is 0. The first-order chi connectivity index (χ1) is 6.44. The van der Waals surface area contributed by atoms with Gasteiger partial charge < -0.3 is 10.1 Å². The first-order valence-electron chi connectivity index (χ1n) is 4.56. The van der Waals surface area contributed by atoms with Crippen molar-refractivity contribution in [3.05, 3.63) is 12.7 Å². The van der Waals surface area contributed by atoms with Crippen LogP contribution < -0.4 is 5.32 Å². The Morgan fingerprint density at radius 2 is 2.07 bits per heavy atom. The summed E-state index contributed by atoms with van der Waals surface area (Å²) < 4.78 is 4.91. The highest BCUT2D eigenvalue weighted by Crippen LogP contribution is 2.05. The van der Waals surface area contributed by atoms with Gasteiger partial charge in [-0.3, -0.25) is 4.79 Å². The van der Waals surface area contributed by atoms with E-state index in [4.69, 9.17) is 4.74 Å². The molecule has 4 nitrogen and oxygen atoms in total. The quantitative estimate of drug-likeness (QED) is 0.531. The van der Waals surface area contributed by atoms with Crippen LogP contribution in [0.3, 0.4) is 0 Å². The molecule has 0 unspecified atom stereocenters. The van der Waals surface area contributed by atoms with Gasteiger partial charge in [0.1, 0.15) is 5.54 Å². The summed E-state index contributed by atoms with van der Waals surface area (Å²) >= 11 is 0. The second-order valence-corrected chi connectivity index (χ2v) is 3.45. The first kappa shape index (κ1) is 12.7. The van der Waals surface area contributed by atoms with Gasteiger partial charge >= 0.3 is 5.97 Å². The molecular weight excluding hydrogens is 182 g/mol. The van der Waals surface area contributed by atoms with Crippen LogP contribution in [0.15, 0.2) is 12.7 Å². The number of carbonyl (C=O) groups excluding carboxylic acids is 2. The molecule has 0 fully saturated rings. The fourth-order valence-electron chi connectivity index (χ4n) is 0.785. The monoisotopic (exact) mass is 199 g/mol. The Kier molecular flexibility index (Phi) is 4.91. The maximum absolute atomic E-state index is 11.4. The Hall–Kier alpha value is -1.32. The van der Waals surface area contributed by atoms with E-state index in [1.165, 1.54) is 0 Å². The Morgan fingerprint density at radius 1 is 1.50 bits per heavy atom. The number of ether oxygens (including phenoxy) is 1. The molecule has 0 saturated carbocycles. The number of rotatable bonds is 5. The van der Waals surface area contributed by atoms with E-state index in [0.717, 1.165) is 12.5 Å². The van der Waals surface area contributed by atoms with Crippen molar-refractivity contribution in [1.82, 2.24) is 5.32 Å². The molecule has 80 valence electrons. The molecule has 0 aromatic carbocycles. The zero-order valence-electron chi connectivity index (χ0n) is 8.92. The molecule has 0 radical (unpaired) electrons. The molecular formula is C10H17NO3. The lowest BCUT2D eigenvalue weighted by Crippen LogP contribution is -2.50. The number of amides is 1. The van der Waals surface area contributed by atoms with Gasteiger partial charge in [0, 0.05) is 0 Å². The molecule has 0 spiro atoms. The van der Waals surface area contributed by atoms with Gasteiger partial charge in [0.15, 0.2) is 0 Å². The van der Waals surface area contributed by atoms with E-state index in [-0.39, 0.29) is 5.91 Å². The standard InChI is InChI=1S/C10H17NO3/c1-5-7-14-9(13)10(3,4)11-8(12)6-2/h6H,2,5,7H2,1,3-4H3,(H,11,12). The van der Waals surface area contributed by atoms with E-state index in [9.17, 15) is 9.59 Å². The van der Waals surface area contributed by atoms with Crippen LogP contribution in [0.2, 0.25) is 0 Å². The van der Waals surface area contributed by atoms with Crippen LogP contribution in [0.5, 0.6) is 0 Å². The van der Waals surface area contributed by atoms with Crippen LogP contribution in [-0.4, -0.2) is 24.0 Å². The fourth-order valence-corrected chi connectivity index (χ4v) is 0.785. The van der Waals surface area contributed by atoms with Crippen LogP contribution in [0.25, 0.3) is 0 Å². The van der Waals surface area contributed by atoms with Crippen molar-refractivity contribution in [2.24, 2.45) is 0 Å². The Bertz CT molecular complexity index is 234. The largest absolute Gasteiger partial charge is 0.464 e. The molecule has 1 amide bonds. The topological polar surface area (TPSA) is 55.4 Å². The summed E-state index contributed by atoms with van der Waals surface area (Å²) in [6.45, 7) is 8.75. The maximum atomic E-state index is 11.4. The lowest BCUT2D eigenvalue weighted by atomic mass is 10.1. The average molecular weight is 199 g/mol. The van der Waals surface area contributed by atoms with E-state index < -0.39 is 11.5 Å². The van der Waals surface area contributed by atoms with Crippen molar-refractivity contribution in [3.8, 4) is 0 Å². The number of hydrogen-bond donors (Lipinski definition) is 1. The van der Waals surface area contributed by atoms with Crippen LogP contribution in [0.4, 0.5) is 0 Å². The summed E-state index contributed by atoms with van der Waals surface area (Å²) in [4.78, 5) is 22.4. The molecule has 0 aliphatic carbocycles. The van der Waals surface area contributed by atoms with Crippen molar-refractivity contribution in [3.63, 3.8) is 0 Å². The van der Waals surface area contributed by atoms with Gasteiger partial charge in [0.2, 0.25) is 5.91 Å². The molecule has 4 heteroatoms. The molecule has 0 rings (SSSR count). The summed E-state index contributed by atoms with van der Waals surface area (Å²) in [6.07, 6.45) is 1.88. The molecule has 0 saturated heterocycles. The Labute approximate surface area is 84.3 Å². The third kappa shape index (κ3) is 4.07. The van der Waals surface area contributed by atoms with Crippen LogP contribution in [-0.2, 0) is 14.3 Å². The summed E-state index contributed by atoms with van der Waals surface area (Å²) in [5.74, 6) is -0.821. The predicted molar refractivity (Wildman–Crippen MR) is 53.7 cm³/mol. The van der Waals surface area contributed by atoms with Gasteiger partial charge in [-0.1, -0.05) is 13.5 Å². The van der Waals surface area contributed by atoms with Gasteiger partial charge in [-0.25, -0.2) is 4.79 Å². The van der Waals surface area contributed by atoms with Crippen LogP contribution in [0, 0.1) is 0 Å². The Balaban J connectivity index is 4.22. The average Bonchev–Trinajstić information content (AvgIpc) is 2.13. The lowest BCUT2D eigenvalue weighted by Gasteiger charge is -2.23. The van der Waals surface area contributed by atoms with E-state index in [2.05, 4.69) is 11.9 Å². The molecule has 0 aliphatic heterocycles. The minimum atomic E-state index is -1.000. The predicted octanol–water partition coefficient (Wildman–Crippen LogP) is 1.02.